The molecule has 30 heavy (non-hydrogen) atoms. The Labute approximate surface area is 175 Å². The van der Waals surface area contributed by atoms with Crippen LogP contribution in [0.5, 0.6) is 0 Å². The average Bonchev–Trinajstić information content (AvgIpc) is 3.34. The van der Waals surface area contributed by atoms with Gasteiger partial charge in [0.15, 0.2) is 0 Å². The van der Waals surface area contributed by atoms with E-state index in [2.05, 4.69) is 11.5 Å². The highest BCUT2D eigenvalue weighted by Crippen LogP contribution is 2.47. The number of nitrogens with zero attached hydrogens (tertiary/aromatic N) is 2. The van der Waals surface area contributed by atoms with Crippen LogP contribution >= 0.6 is 0 Å². The molecule has 2 amide bonds. The van der Waals surface area contributed by atoms with Crippen LogP contribution < -0.4 is 10.6 Å². The summed E-state index contributed by atoms with van der Waals surface area (Å²) in [4.78, 5) is 28.2. The largest absolute Gasteiger partial charge is 0.368 e. The smallest absolute Gasteiger partial charge is 0.249 e. The van der Waals surface area contributed by atoms with Gasteiger partial charge in [-0.3, -0.25) is 9.59 Å². The third-order valence-corrected chi connectivity index (χ3v) is 6.89. The lowest BCUT2D eigenvalue weighted by Gasteiger charge is -2.40. The van der Waals surface area contributed by atoms with Crippen LogP contribution in [0.25, 0.3) is 11.1 Å². The van der Waals surface area contributed by atoms with E-state index >= 15 is 4.39 Å². The number of nitrogens with two attached hydrogens (primary N) is 1. The molecule has 2 saturated heterocycles. The number of primary amides is 1. The minimum Gasteiger partial charge on any atom is -0.368 e. The van der Waals surface area contributed by atoms with Gasteiger partial charge in [0.2, 0.25) is 11.8 Å². The molecule has 0 bridgehead atoms. The standard InChI is InChI=1S/C24H24FN3O2/c1-2-21(29)28-10-7-15-13-27(9-8-20(15)28)23-19(25)12-18(24(26)30)17-11-14-5-3-4-6-16(14)22(17)23/h2-6,12,15,20H,1,7-11,13H2,(H2,26,30). The normalized spacial score (nSPS) is 21.8. The van der Waals surface area contributed by atoms with Gasteiger partial charge in [0.05, 0.1) is 5.69 Å². The van der Waals surface area contributed by atoms with E-state index in [1.807, 2.05) is 29.2 Å². The van der Waals surface area contributed by atoms with E-state index in [0.29, 0.717) is 31.1 Å². The molecule has 0 saturated carbocycles. The van der Waals surface area contributed by atoms with Gasteiger partial charge < -0.3 is 15.5 Å². The fourth-order valence-corrected chi connectivity index (χ4v) is 5.57. The number of carbonyl (C=O) groups excluding carboxylic acids is 2. The Morgan fingerprint density at radius 2 is 2.00 bits per heavy atom. The predicted octanol–water partition coefficient (Wildman–Crippen LogP) is 3.11. The lowest BCUT2D eigenvalue weighted by Crippen LogP contribution is -2.47. The van der Waals surface area contributed by atoms with Crippen molar-refractivity contribution >= 4 is 17.5 Å². The summed E-state index contributed by atoms with van der Waals surface area (Å²) in [5.74, 6) is -0.736. The van der Waals surface area contributed by atoms with Crippen molar-refractivity contribution in [1.29, 1.82) is 0 Å². The van der Waals surface area contributed by atoms with Crippen molar-refractivity contribution in [2.45, 2.75) is 25.3 Å². The topological polar surface area (TPSA) is 66.6 Å². The van der Waals surface area contributed by atoms with Gasteiger partial charge in [-0.05, 0) is 54.0 Å². The van der Waals surface area contributed by atoms with E-state index in [1.165, 1.54) is 12.1 Å². The van der Waals surface area contributed by atoms with Crippen molar-refractivity contribution in [1.82, 2.24) is 4.90 Å². The molecule has 2 aromatic rings. The van der Waals surface area contributed by atoms with Crippen LogP contribution in [0.1, 0.15) is 34.3 Å². The number of anilines is 1. The zero-order valence-electron chi connectivity index (χ0n) is 16.7. The Balaban J connectivity index is 1.56. The molecule has 1 aliphatic carbocycles. The quantitative estimate of drug-likeness (QED) is 0.681. The molecule has 5 nitrogen and oxygen atoms in total. The van der Waals surface area contributed by atoms with Crippen molar-refractivity contribution < 1.29 is 14.0 Å². The minimum atomic E-state index is -0.599. The third-order valence-electron chi connectivity index (χ3n) is 6.89. The Morgan fingerprint density at radius 1 is 1.20 bits per heavy atom. The minimum absolute atomic E-state index is 0.0252. The molecule has 2 aliphatic heterocycles. The van der Waals surface area contributed by atoms with Gasteiger partial charge in [0.25, 0.3) is 0 Å². The van der Waals surface area contributed by atoms with Crippen LogP contribution in [-0.4, -0.2) is 42.4 Å². The van der Waals surface area contributed by atoms with Crippen molar-refractivity contribution in [2.75, 3.05) is 24.5 Å². The van der Waals surface area contributed by atoms with Crippen molar-refractivity contribution in [3.8, 4) is 11.1 Å². The average molecular weight is 405 g/mol. The SMILES string of the molecule is C=CC(=O)N1CCC2CN(c3c(F)cc(C(N)=O)c4c3-c3ccccc3C4)CCC21. The summed E-state index contributed by atoms with van der Waals surface area (Å²) in [6, 6.07) is 9.39. The maximum Gasteiger partial charge on any atom is 0.249 e. The predicted molar refractivity (Wildman–Crippen MR) is 114 cm³/mol. The highest BCUT2D eigenvalue weighted by atomic mass is 19.1. The number of benzene rings is 2. The fourth-order valence-electron chi connectivity index (χ4n) is 5.57. The number of halogens is 1. The van der Waals surface area contributed by atoms with E-state index in [9.17, 15) is 9.59 Å². The summed E-state index contributed by atoms with van der Waals surface area (Å²) >= 11 is 0. The summed E-state index contributed by atoms with van der Waals surface area (Å²) in [6.07, 6.45) is 3.65. The highest BCUT2D eigenvalue weighted by molar-refractivity contribution is 6.01. The molecule has 2 atom stereocenters. The lowest BCUT2D eigenvalue weighted by molar-refractivity contribution is -0.127. The van der Waals surface area contributed by atoms with Crippen LogP contribution in [-0.2, 0) is 11.2 Å². The zero-order chi connectivity index (χ0) is 21.0. The van der Waals surface area contributed by atoms with Crippen LogP contribution in [0.4, 0.5) is 10.1 Å². The Kier molecular flexibility index (Phi) is 4.38. The second kappa shape index (κ2) is 6.97. The van der Waals surface area contributed by atoms with Gasteiger partial charge in [0.1, 0.15) is 5.82 Å². The van der Waals surface area contributed by atoms with E-state index in [1.54, 1.807) is 0 Å². The van der Waals surface area contributed by atoms with E-state index in [-0.39, 0.29) is 17.5 Å². The molecule has 154 valence electrons. The number of fused-ring (bicyclic) bond motifs is 4. The monoisotopic (exact) mass is 405 g/mol. The van der Waals surface area contributed by atoms with E-state index < -0.39 is 11.7 Å². The molecule has 0 radical (unpaired) electrons. The summed E-state index contributed by atoms with van der Waals surface area (Å²) < 4.78 is 15.4. The molecule has 0 spiro atoms. The van der Waals surface area contributed by atoms with Crippen LogP contribution in [0, 0.1) is 11.7 Å². The van der Waals surface area contributed by atoms with Crippen LogP contribution in [0.3, 0.4) is 0 Å². The summed E-state index contributed by atoms with van der Waals surface area (Å²) in [6.45, 7) is 5.68. The van der Waals surface area contributed by atoms with Gasteiger partial charge in [-0.2, -0.15) is 0 Å². The maximum absolute atomic E-state index is 15.4. The first-order valence-electron chi connectivity index (χ1n) is 10.4. The highest BCUT2D eigenvalue weighted by Gasteiger charge is 2.41. The summed E-state index contributed by atoms with van der Waals surface area (Å²) in [5, 5.41) is 0. The molecule has 2 aromatic carbocycles. The van der Waals surface area contributed by atoms with E-state index in [4.69, 9.17) is 5.73 Å². The van der Waals surface area contributed by atoms with Gasteiger partial charge in [0, 0.05) is 36.8 Å². The molecule has 0 aromatic heterocycles. The second-order valence-corrected chi connectivity index (χ2v) is 8.39. The molecule has 2 fully saturated rings. The maximum atomic E-state index is 15.4. The van der Waals surface area contributed by atoms with Gasteiger partial charge in [-0.15, -0.1) is 0 Å². The number of hydrogen-bond acceptors (Lipinski definition) is 3. The Bertz CT molecular complexity index is 1080. The van der Waals surface area contributed by atoms with Gasteiger partial charge in [-0.25, -0.2) is 4.39 Å². The molecule has 3 aliphatic rings. The first-order valence-corrected chi connectivity index (χ1v) is 10.4. The molecular weight excluding hydrogens is 381 g/mol. The zero-order valence-corrected chi connectivity index (χ0v) is 16.7. The fraction of sp³-hybridized carbons (Fsp3) is 0.333. The number of carbonyl (C=O) groups is 2. The van der Waals surface area contributed by atoms with Crippen molar-refractivity contribution in [3.05, 3.63) is 65.5 Å². The molecule has 2 heterocycles. The number of hydrogen-bond donors (Lipinski definition) is 1. The molecule has 2 unspecified atom stereocenters. The number of amides is 2. The molecule has 5 rings (SSSR count). The first-order chi connectivity index (χ1) is 14.5. The number of piperidine rings is 1. The third kappa shape index (κ3) is 2.74. The summed E-state index contributed by atoms with van der Waals surface area (Å²) in [5.41, 5.74) is 10.1. The number of rotatable bonds is 3. The van der Waals surface area contributed by atoms with E-state index in [0.717, 1.165) is 41.6 Å². The summed E-state index contributed by atoms with van der Waals surface area (Å²) in [7, 11) is 0. The van der Waals surface area contributed by atoms with Crippen LogP contribution in [0.2, 0.25) is 0 Å². The molecule has 6 heteroatoms. The van der Waals surface area contributed by atoms with Crippen molar-refractivity contribution in [3.63, 3.8) is 0 Å². The lowest BCUT2D eigenvalue weighted by atomic mass is 9.90. The first kappa shape index (κ1) is 18.9. The molecular formula is C24H24FN3O2. The Hall–Kier alpha value is -3.15. The van der Waals surface area contributed by atoms with Gasteiger partial charge >= 0.3 is 0 Å². The molecule has 2 N–H and O–H groups in total. The number of likely N-dealkylation sites (tertiary alicyclic amines) is 1. The second-order valence-electron chi connectivity index (χ2n) is 8.39. The Morgan fingerprint density at radius 3 is 2.77 bits per heavy atom. The van der Waals surface area contributed by atoms with Crippen LogP contribution in [0.15, 0.2) is 43.0 Å². The van der Waals surface area contributed by atoms with Gasteiger partial charge in [-0.1, -0.05) is 30.8 Å². The van der Waals surface area contributed by atoms with Crippen molar-refractivity contribution in [2.24, 2.45) is 11.7 Å².